The maximum absolute atomic E-state index is 6.01. The summed E-state index contributed by atoms with van der Waals surface area (Å²) in [5.74, 6) is 0.559. The first-order chi connectivity index (χ1) is 17.2. The van der Waals surface area contributed by atoms with Gasteiger partial charge in [0.1, 0.15) is 0 Å². The molecule has 3 aromatic rings. The highest BCUT2D eigenvalue weighted by molar-refractivity contribution is 5.67. The highest BCUT2D eigenvalue weighted by Gasteiger charge is 2.18. The molecule has 2 aliphatic rings. The molecule has 0 radical (unpaired) electrons. The van der Waals surface area contributed by atoms with Crippen molar-refractivity contribution < 1.29 is 9.47 Å². The van der Waals surface area contributed by atoms with E-state index in [0.29, 0.717) is 32.4 Å². The average Bonchev–Trinajstić information content (AvgIpc) is 2.87. The largest absolute Gasteiger partial charge is 0.373 e. The molecule has 1 fully saturated rings. The number of hydrogen-bond donors (Lipinski definition) is 1. The van der Waals surface area contributed by atoms with Crippen molar-refractivity contribution in [2.75, 3.05) is 56.7 Å². The molecular weight excluding hydrogens is 440 g/mol. The minimum absolute atomic E-state index is 0.438. The summed E-state index contributed by atoms with van der Waals surface area (Å²) in [6, 6.07) is 10.4. The van der Waals surface area contributed by atoms with Crippen LogP contribution in [-0.4, -0.2) is 66.3 Å². The molecule has 8 nitrogen and oxygen atoms in total. The molecule has 6 bridgehead atoms. The Hall–Kier alpha value is -3.33. The number of ether oxygens (including phenoxy) is 2. The summed E-state index contributed by atoms with van der Waals surface area (Å²) >= 11 is 0. The summed E-state index contributed by atoms with van der Waals surface area (Å²) < 4.78 is 11.8. The van der Waals surface area contributed by atoms with Crippen LogP contribution in [0.3, 0.4) is 0 Å². The summed E-state index contributed by atoms with van der Waals surface area (Å²) in [5.41, 5.74) is 7.06. The molecule has 5 rings (SSSR count). The summed E-state index contributed by atoms with van der Waals surface area (Å²) in [7, 11) is 2.17. The number of likely N-dealkylation sites (N-methyl/N-ethyl adjacent to an activating group) is 1. The van der Waals surface area contributed by atoms with E-state index in [0.717, 1.165) is 59.9 Å². The number of piperazine rings is 1. The Morgan fingerprint density at radius 1 is 0.914 bits per heavy atom. The number of nitrogens with one attached hydrogen (secondary N) is 1. The number of pyridine rings is 1. The van der Waals surface area contributed by atoms with Crippen LogP contribution in [0.15, 0.2) is 54.9 Å². The van der Waals surface area contributed by atoms with Gasteiger partial charge in [0.2, 0.25) is 5.95 Å². The molecule has 0 atom stereocenters. The third kappa shape index (κ3) is 5.85. The standard InChI is InChI=1S/C27H32N6O2/c1-20-17-29-27-30-23-5-6-25(33-11-9-32(2)10-12-33)22(16-23)18-34-13-3-4-14-35-19-24-15-21(7-8-28-24)26(20)31-27/h3-8,15-17H,9-14,18-19H2,1-2H3,(H,29,30,31)/b4-3+. The Labute approximate surface area is 206 Å². The van der Waals surface area contributed by atoms with Gasteiger partial charge in [0.05, 0.1) is 37.8 Å². The minimum atomic E-state index is 0.438. The van der Waals surface area contributed by atoms with Gasteiger partial charge in [-0.2, -0.15) is 0 Å². The second-order valence-corrected chi connectivity index (χ2v) is 9.02. The Kier molecular flexibility index (Phi) is 7.32. The first kappa shape index (κ1) is 23.4. The van der Waals surface area contributed by atoms with E-state index >= 15 is 0 Å². The van der Waals surface area contributed by atoms with E-state index < -0.39 is 0 Å². The first-order valence-electron chi connectivity index (χ1n) is 12.1. The molecule has 0 amide bonds. The van der Waals surface area contributed by atoms with Crippen LogP contribution < -0.4 is 10.2 Å². The van der Waals surface area contributed by atoms with Crippen LogP contribution in [0.25, 0.3) is 11.3 Å². The van der Waals surface area contributed by atoms with Gasteiger partial charge in [-0.15, -0.1) is 0 Å². The van der Waals surface area contributed by atoms with Gasteiger partial charge in [0.25, 0.3) is 0 Å². The molecular formula is C27H32N6O2. The smallest absolute Gasteiger partial charge is 0.227 e. The second kappa shape index (κ2) is 10.9. The monoisotopic (exact) mass is 472 g/mol. The van der Waals surface area contributed by atoms with Crippen LogP contribution in [0.4, 0.5) is 17.3 Å². The first-order valence-corrected chi connectivity index (χ1v) is 12.1. The molecule has 0 aliphatic carbocycles. The van der Waals surface area contributed by atoms with Crippen molar-refractivity contribution in [3.05, 3.63) is 71.7 Å². The molecule has 8 heteroatoms. The fourth-order valence-corrected chi connectivity index (χ4v) is 4.37. The van der Waals surface area contributed by atoms with Gasteiger partial charge < -0.3 is 24.6 Å². The Morgan fingerprint density at radius 2 is 1.71 bits per heavy atom. The molecule has 0 saturated carbocycles. The summed E-state index contributed by atoms with van der Waals surface area (Å²) in [5, 5.41) is 3.40. The van der Waals surface area contributed by atoms with Crippen LogP contribution in [0.1, 0.15) is 16.8 Å². The van der Waals surface area contributed by atoms with Crippen LogP contribution in [0.2, 0.25) is 0 Å². The third-order valence-corrected chi connectivity index (χ3v) is 6.34. The van der Waals surface area contributed by atoms with Gasteiger partial charge in [-0.25, -0.2) is 9.97 Å². The number of benzene rings is 1. The molecule has 0 spiro atoms. The van der Waals surface area contributed by atoms with E-state index in [4.69, 9.17) is 14.5 Å². The molecule has 2 aromatic heterocycles. The number of nitrogens with zero attached hydrogens (tertiary/aromatic N) is 5. The van der Waals surface area contributed by atoms with Crippen molar-refractivity contribution in [3.8, 4) is 11.3 Å². The molecule has 1 saturated heterocycles. The number of rotatable bonds is 1. The van der Waals surface area contributed by atoms with Crippen LogP contribution in [0.5, 0.6) is 0 Å². The van der Waals surface area contributed by atoms with Gasteiger partial charge in [-0.1, -0.05) is 12.2 Å². The molecule has 1 N–H and O–H groups in total. The lowest BCUT2D eigenvalue weighted by Crippen LogP contribution is -2.44. The molecule has 1 aromatic carbocycles. The van der Waals surface area contributed by atoms with E-state index in [-0.39, 0.29) is 0 Å². The van der Waals surface area contributed by atoms with Gasteiger partial charge >= 0.3 is 0 Å². The number of hydrogen-bond acceptors (Lipinski definition) is 8. The van der Waals surface area contributed by atoms with E-state index in [9.17, 15) is 0 Å². The predicted octanol–water partition coefficient (Wildman–Crippen LogP) is 3.95. The van der Waals surface area contributed by atoms with Crippen LogP contribution in [0, 0.1) is 6.92 Å². The SMILES string of the molecule is Cc1cnc2nc1-c1ccnc(c1)COC/C=C/COCc1cc(ccc1N1CCN(C)CC1)N2. The molecule has 2 aliphatic heterocycles. The predicted molar refractivity (Wildman–Crippen MR) is 138 cm³/mol. The fourth-order valence-electron chi connectivity index (χ4n) is 4.37. The zero-order chi connectivity index (χ0) is 24.0. The number of aromatic nitrogens is 3. The van der Waals surface area contributed by atoms with Gasteiger partial charge in [0, 0.05) is 61.1 Å². The Bertz CT molecular complexity index is 1190. The maximum atomic E-state index is 6.01. The summed E-state index contributed by atoms with van der Waals surface area (Å²) in [4.78, 5) is 18.6. The summed E-state index contributed by atoms with van der Waals surface area (Å²) in [6.45, 7) is 8.15. The molecule has 4 heterocycles. The lowest BCUT2D eigenvalue weighted by Gasteiger charge is -2.35. The van der Waals surface area contributed by atoms with Crippen molar-refractivity contribution in [1.82, 2.24) is 19.9 Å². The van der Waals surface area contributed by atoms with E-state index in [1.165, 1.54) is 5.69 Å². The fraction of sp³-hybridized carbons (Fsp3) is 0.370. The van der Waals surface area contributed by atoms with E-state index in [1.54, 1.807) is 6.20 Å². The zero-order valence-electron chi connectivity index (χ0n) is 20.4. The van der Waals surface area contributed by atoms with Gasteiger partial charge in [0.15, 0.2) is 0 Å². The highest BCUT2D eigenvalue weighted by Crippen LogP contribution is 2.29. The average molecular weight is 473 g/mol. The topological polar surface area (TPSA) is 75.6 Å². The third-order valence-electron chi connectivity index (χ3n) is 6.34. The highest BCUT2D eigenvalue weighted by atomic mass is 16.5. The van der Waals surface area contributed by atoms with E-state index in [1.807, 2.05) is 37.4 Å². The molecule has 0 unspecified atom stereocenters. The van der Waals surface area contributed by atoms with Crippen molar-refractivity contribution in [3.63, 3.8) is 0 Å². The second-order valence-electron chi connectivity index (χ2n) is 9.02. The van der Waals surface area contributed by atoms with Crippen molar-refractivity contribution in [2.24, 2.45) is 0 Å². The normalized spacial score (nSPS) is 18.3. The van der Waals surface area contributed by atoms with Crippen LogP contribution >= 0.6 is 0 Å². The van der Waals surface area contributed by atoms with E-state index in [2.05, 4.69) is 50.3 Å². The van der Waals surface area contributed by atoms with Gasteiger partial charge in [-0.3, -0.25) is 4.98 Å². The molecule has 35 heavy (non-hydrogen) atoms. The lowest BCUT2D eigenvalue weighted by molar-refractivity contribution is 0.139. The maximum Gasteiger partial charge on any atom is 0.227 e. The Morgan fingerprint density at radius 3 is 2.54 bits per heavy atom. The summed E-state index contributed by atoms with van der Waals surface area (Å²) in [6.07, 6.45) is 7.65. The zero-order valence-corrected chi connectivity index (χ0v) is 20.4. The molecule has 182 valence electrons. The number of aryl methyl sites for hydroxylation is 1. The van der Waals surface area contributed by atoms with Crippen molar-refractivity contribution in [1.29, 1.82) is 0 Å². The van der Waals surface area contributed by atoms with Crippen molar-refractivity contribution in [2.45, 2.75) is 20.1 Å². The Balaban J connectivity index is 1.48. The quantitative estimate of drug-likeness (QED) is 0.534. The number of anilines is 3. The van der Waals surface area contributed by atoms with Crippen LogP contribution in [-0.2, 0) is 22.7 Å². The van der Waals surface area contributed by atoms with Gasteiger partial charge in [-0.05, 0) is 49.9 Å². The van der Waals surface area contributed by atoms with Crippen molar-refractivity contribution >= 4 is 17.3 Å². The lowest BCUT2D eigenvalue weighted by atomic mass is 10.1. The minimum Gasteiger partial charge on any atom is -0.373 e. The number of fused-ring (bicyclic) bond motifs is 7.